The van der Waals surface area contributed by atoms with E-state index in [-0.39, 0.29) is 23.4 Å². The predicted octanol–water partition coefficient (Wildman–Crippen LogP) is 4.27. The zero-order valence-corrected chi connectivity index (χ0v) is 18.1. The lowest BCUT2D eigenvalue weighted by Gasteiger charge is -2.51. The highest BCUT2D eigenvalue weighted by molar-refractivity contribution is 7.82. The molecular formula is C24H27N3OS. The summed E-state index contributed by atoms with van der Waals surface area (Å²) >= 11 is 5.32. The number of nitrogens with zero attached hydrogens (tertiary/aromatic N) is 2. The molecule has 0 radical (unpaired) electrons. The molecule has 29 heavy (non-hydrogen) atoms. The Morgan fingerprint density at radius 3 is 2.48 bits per heavy atom. The Labute approximate surface area is 178 Å². The molecule has 0 unspecified atom stereocenters. The monoisotopic (exact) mass is 405 g/mol. The van der Waals surface area contributed by atoms with Crippen molar-refractivity contribution in [2.24, 2.45) is 4.99 Å². The van der Waals surface area contributed by atoms with Crippen LogP contribution in [0.5, 0.6) is 0 Å². The van der Waals surface area contributed by atoms with Gasteiger partial charge in [0.1, 0.15) is 5.84 Å². The van der Waals surface area contributed by atoms with E-state index < -0.39 is 0 Å². The van der Waals surface area contributed by atoms with Gasteiger partial charge in [-0.1, -0.05) is 67.7 Å². The van der Waals surface area contributed by atoms with Crippen LogP contribution in [0.25, 0.3) is 0 Å². The van der Waals surface area contributed by atoms with E-state index in [0.717, 1.165) is 23.4 Å². The maximum atomic E-state index is 13.4. The van der Waals surface area contributed by atoms with Gasteiger partial charge in [0.05, 0.1) is 11.4 Å². The van der Waals surface area contributed by atoms with Gasteiger partial charge in [0.15, 0.2) is 0 Å². The Kier molecular flexibility index (Phi) is 5.03. The molecule has 1 amide bonds. The quantitative estimate of drug-likeness (QED) is 0.776. The van der Waals surface area contributed by atoms with Crippen molar-refractivity contribution in [3.05, 3.63) is 65.7 Å². The molecule has 0 aromatic heterocycles. The van der Waals surface area contributed by atoms with Gasteiger partial charge in [0, 0.05) is 29.6 Å². The van der Waals surface area contributed by atoms with Crippen molar-refractivity contribution in [2.75, 3.05) is 18.0 Å². The molecule has 0 aliphatic carbocycles. The fraction of sp³-hybridized carbons (Fsp3) is 0.375. The summed E-state index contributed by atoms with van der Waals surface area (Å²) in [5.41, 5.74) is 2.94. The topological polar surface area (TPSA) is 44.7 Å². The second-order valence-electron chi connectivity index (χ2n) is 8.69. The fourth-order valence-corrected chi connectivity index (χ4v) is 5.13. The van der Waals surface area contributed by atoms with Gasteiger partial charge in [-0.05, 0) is 37.5 Å². The van der Waals surface area contributed by atoms with Gasteiger partial charge in [-0.2, -0.15) is 0 Å². The van der Waals surface area contributed by atoms with Crippen LogP contribution < -0.4 is 10.2 Å². The van der Waals surface area contributed by atoms with Crippen LogP contribution in [0.4, 0.5) is 5.69 Å². The second-order valence-corrected chi connectivity index (χ2v) is 9.18. The largest absolute Gasteiger partial charge is 0.360 e. The van der Waals surface area contributed by atoms with E-state index in [9.17, 15) is 4.79 Å². The summed E-state index contributed by atoms with van der Waals surface area (Å²) in [6.45, 7) is 7.50. The first kappa shape index (κ1) is 19.8. The molecule has 2 aromatic carbocycles. The number of amides is 1. The molecule has 4 nitrogen and oxygen atoms in total. The SMILES string of the molecule is CC1(C)C[C@](C)(c2ccccc2)c2ccccc2N1C(=O)CNC1=NCCC1=S. The number of rotatable bonds is 3. The van der Waals surface area contributed by atoms with Crippen LogP contribution in [0.1, 0.15) is 44.7 Å². The molecule has 2 heterocycles. The first-order chi connectivity index (χ1) is 13.8. The molecule has 1 atom stereocenters. The average molecular weight is 406 g/mol. The zero-order valence-electron chi connectivity index (χ0n) is 17.2. The Hall–Kier alpha value is -2.53. The summed E-state index contributed by atoms with van der Waals surface area (Å²) in [5, 5.41) is 3.17. The summed E-state index contributed by atoms with van der Waals surface area (Å²) < 4.78 is 0. The highest BCUT2D eigenvalue weighted by atomic mass is 32.1. The number of para-hydroxylation sites is 1. The van der Waals surface area contributed by atoms with E-state index in [4.69, 9.17) is 12.2 Å². The van der Waals surface area contributed by atoms with Gasteiger partial charge in [0.25, 0.3) is 0 Å². The van der Waals surface area contributed by atoms with E-state index in [1.807, 2.05) is 17.0 Å². The van der Waals surface area contributed by atoms with Crippen LogP contribution in [0, 0.1) is 0 Å². The molecule has 2 aromatic rings. The first-order valence-corrected chi connectivity index (χ1v) is 10.5. The number of hydrogen-bond donors (Lipinski definition) is 1. The van der Waals surface area contributed by atoms with Gasteiger partial charge in [-0.25, -0.2) is 0 Å². The highest BCUT2D eigenvalue weighted by Gasteiger charge is 2.47. The average Bonchev–Trinajstić information content (AvgIpc) is 3.11. The highest BCUT2D eigenvalue weighted by Crippen LogP contribution is 2.50. The van der Waals surface area contributed by atoms with Crippen LogP contribution in [-0.2, 0) is 10.2 Å². The van der Waals surface area contributed by atoms with Crippen LogP contribution in [0.2, 0.25) is 0 Å². The number of anilines is 1. The van der Waals surface area contributed by atoms with E-state index in [1.165, 1.54) is 11.1 Å². The number of fused-ring (bicyclic) bond motifs is 1. The summed E-state index contributed by atoms with van der Waals surface area (Å²) in [6.07, 6.45) is 1.63. The predicted molar refractivity (Wildman–Crippen MR) is 123 cm³/mol. The molecule has 0 fully saturated rings. The maximum absolute atomic E-state index is 13.4. The standard InChI is InChI=1S/C24H27N3OS/c1-23(2)16-24(3,17-9-5-4-6-10-17)18-11-7-8-12-19(18)27(23)21(28)15-26-22-20(29)13-14-25-22/h4-12H,13-16H2,1-3H3,(H,25,26)/t24-/m1/s1. The Bertz CT molecular complexity index is 983. The van der Waals surface area contributed by atoms with Crippen LogP contribution in [0.15, 0.2) is 59.6 Å². The summed E-state index contributed by atoms with van der Waals surface area (Å²) in [7, 11) is 0. The van der Waals surface area contributed by atoms with Crippen LogP contribution >= 0.6 is 12.2 Å². The number of hydrogen-bond acceptors (Lipinski definition) is 4. The van der Waals surface area contributed by atoms with Crippen molar-refractivity contribution in [1.29, 1.82) is 0 Å². The minimum absolute atomic E-state index is 0.0370. The smallest absolute Gasteiger partial charge is 0.246 e. The van der Waals surface area contributed by atoms with Crippen molar-refractivity contribution < 1.29 is 4.79 Å². The lowest BCUT2D eigenvalue weighted by Crippen LogP contribution is -2.58. The van der Waals surface area contributed by atoms with Crippen LogP contribution in [-0.4, -0.2) is 35.2 Å². The minimum Gasteiger partial charge on any atom is -0.360 e. The lowest BCUT2D eigenvalue weighted by atomic mass is 9.65. The number of amidine groups is 1. The van der Waals surface area contributed by atoms with E-state index in [0.29, 0.717) is 12.4 Å². The summed E-state index contributed by atoms with van der Waals surface area (Å²) in [5.74, 6) is 0.737. The molecular weight excluding hydrogens is 378 g/mol. The number of carbonyl (C=O) groups is 1. The fourth-order valence-electron chi connectivity index (χ4n) is 4.90. The van der Waals surface area contributed by atoms with Gasteiger partial charge < -0.3 is 10.2 Å². The third kappa shape index (κ3) is 3.48. The molecule has 2 aliphatic rings. The van der Waals surface area contributed by atoms with E-state index in [2.05, 4.69) is 73.5 Å². The third-order valence-electron chi connectivity index (χ3n) is 6.07. The second kappa shape index (κ2) is 7.38. The minimum atomic E-state index is -0.338. The molecule has 4 rings (SSSR count). The molecule has 2 aliphatic heterocycles. The number of aliphatic imine (C=N–C) groups is 1. The normalized spacial score (nSPS) is 22.8. The Morgan fingerprint density at radius 1 is 1.10 bits per heavy atom. The van der Waals surface area contributed by atoms with Crippen molar-refractivity contribution in [1.82, 2.24) is 5.32 Å². The van der Waals surface area contributed by atoms with E-state index >= 15 is 0 Å². The Morgan fingerprint density at radius 2 is 1.79 bits per heavy atom. The molecule has 0 saturated heterocycles. The first-order valence-electron chi connectivity index (χ1n) is 10.1. The van der Waals surface area contributed by atoms with Crippen LogP contribution in [0.3, 0.4) is 0 Å². The molecule has 150 valence electrons. The lowest BCUT2D eigenvalue weighted by molar-refractivity contribution is -0.118. The molecule has 0 bridgehead atoms. The molecule has 5 heteroatoms. The Balaban J connectivity index is 1.70. The van der Waals surface area contributed by atoms with Gasteiger partial charge in [0.2, 0.25) is 5.91 Å². The van der Waals surface area contributed by atoms with Crippen molar-refractivity contribution >= 4 is 34.5 Å². The number of nitrogens with one attached hydrogen (secondary N) is 1. The van der Waals surface area contributed by atoms with Gasteiger partial charge in [-0.3, -0.25) is 9.79 Å². The number of carbonyl (C=O) groups excluding carboxylic acids is 1. The van der Waals surface area contributed by atoms with Gasteiger partial charge in [-0.15, -0.1) is 0 Å². The van der Waals surface area contributed by atoms with Crippen molar-refractivity contribution in [2.45, 2.75) is 44.6 Å². The summed E-state index contributed by atoms with van der Waals surface area (Å²) in [6, 6.07) is 18.9. The van der Waals surface area contributed by atoms with Crippen molar-refractivity contribution in [3.63, 3.8) is 0 Å². The van der Waals surface area contributed by atoms with Crippen molar-refractivity contribution in [3.8, 4) is 0 Å². The van der Waals surface area contributed by atoms with Gasteiger partial charge >= 0.3 is 0 Å². The van der Waals surface area contributed by atoms with E-state index in [1.54, 1.807) is 0 Å². The maximum Gasteiger partial charge on any atom is 0.246 e. The molecule has 1 N–H and O–H groups in total. The zero-order chi connectivity index (χ0) is 20.6. The number of thiocarbonyl (C=S) groups is 1. The third-order valence-corrected chi connectivity index (χ3v) is 6.47. The molecule has 0 saturated carbocycles. The number of benzene rings is 2. The summed E-state index contributed by atoms with van der Waals surface area (Å²) in [4.78, 5) is 20.5. The molecule has 0 spiro atoms.